The predicted octanol–water partition coefficient (Wildman–Crippen LogP) is 1.09. The smallest absolute Gasteiger partial charge is 0.179 e. The van der Waals surface area contributed by atoms with Gasteiger partial charge in [0, 0.05) is 5.56 Å². The van der Waals surface area contributed by atoms with Gasteiger partial charge in [0.25, 0.3) is 0 Å². The summed E-state index contributed by atoms with van der Waals surface area (Å²) >= 11 is 0. The minimum atomic E-state index is 0.616. The van der Waals surface area contributed by atoms with Crippen molar-refractivity contribution in [1.29, 1.82) is 0 Å². The summed E-state index contributed by atoms with van der Waals surface area (Å²) in [5, 5.41) is 7.68. The molecule has 2 aromatic heterocycles. The van der Waals surface area contributed by atoms with Gasteiger partial charge in [-0.2, -0.15) is 0 Å². The monoisotopic (exact) mass is 198 g/mol. The maximum absolute atomic E-state index is 10.7. The number of benzene rings is 1. The molecule has 0 saturated heterocycles. The zero-order chi connectivity index (χ0) is 10.3. The average Bonchev–Trinajstić information content (AvgIpc) is 2.76. The number of rotatable bonds is 1. The molecule has 0 saturated carbocycles. The van der Waals surface area contributed by atoms with Crippen LogP contribution in [0.5, 0.6) is 0 Å². The first kappa shape index (κ1) is 8.05. The zero-order valence-electron chi connectivity index (χ0n) is 7.66. The molecule has 0 spiro atoms. The van der Waals surface area contributed by atoms with Gasteiger partial charge in [0.1, 0.15) is 12.6 Å². The molecule has 0 atom stereocenters. The van der Waals surface area contributed by atoms with Gasteiger partial charge in [0.15, 0.2) is 5.65 Å². The lowest BCUT2D eigenvalue weighted by Crippen LogP contribution is -1.91. The van der Waals surface area contributed by atoms with Crippen LogP contribution in [0.1, 0.15) is 10.4 Å². The Kier molecular flexibility index (Phi) is 1.53. The van der Waals surface area contributed by atoms with Crippen molar-refractivity contribution >= 4 is 23.0 Å². The van der Waals surface area contributed by atoms with E-state index in [4.69, 9.17) is 0 Å². The van der Waals surface area contributed by atoms with Crippen LogP contribution in [0, 0.1) is 0 Å². The highest BCUT2D eigenvalue weighted by atomic mass is 16.1. The summed E-state index contributed by atoms with van der Waals surface area (Å²) in [4.78, 5) is 14.9. The van der Waals surface area contributed by atoms with Crippen molar-refractivity contribution < 1.29 is 4.79 Å². The van der Waals surface area contributed by atoms with Crippen LogP contribution in [-0.2, 0) is 0 Å². The van der Waals surface area contributed by atoms with Crippen LogP contribution in [0.3, 0.4) is 0 Å². The normalized spacial score (nSPS) is 10.9. The van der Waals surface area contributed by atoms with Gasteiger partial charge in [-0.3, -0.25) is 14.2 Å². The summed E-state index contributed by atoms with van der Waals surface area (Å²) in [6.07, 6.45) is 4.06. The lowest BCUT2D eigenvalue weighted by atomic mass is 10.2. The minimum absolute atomic E-state index is 0.616. The van der Waals surface area contributed by atoms with E-state index in [1.165, 1.54) is 0 Å². The summed E-state index contributed by atoms with van der Waals surface area (Å²) in [5.74, 6) is 0. The largest absolute Gasteiger partial charge is 0.298 e. The van der Waals surface area contributed by atoms with Crippen LogP contribution in [0.2, 0.25) is 0 Å². The summed E-state index contributed by atoms with van der Waals surface area (Å²) in [6.45, 7) is 0. The van der Waals surface area contributed by atoms with Gasteiger partial charge in [-0.15, -0.1) is 10.2 Å². The first-order chi connectivity index (χ1) is 7.38. The van der Waals surface area contributed by atoms with Crippen molar-refractivity contribution in [2.45, 2.75) is 0 Å². The van der Waals surface area contributed by atoms with Gasteiger partial charge in [-0.05, 0) is 18.2 Å². The van der Waals surface area contributed by atoms with Crippen molar-refractivity contribution in [2.24, 2.45) is 0 Å². The van der Waals surface area contributed by atoms with Crippen LogP contribution >= 0.6 is 0 Å². The van der Waals surface area contributed by atoms with E-state index in [2.05, 4.69) is 15.2 Å². The summed E-state index contributed by atoms with van der Waals surface area (Å²) in [7, 11) is 0. The molecule has 3 aromatic rings. The van der Waals surface area contributed by atoms with Gasteiger partial charge in [-0.25, -0.2) is 0 Å². The Morgan fingerprint density at radius 2 is 2.27 bits per heavy atom. The van der Waals surface area contributed by atoms with Gasteiger partial charge in [-0.1, -0.05) is 0 Å². The number of aldehydes is 1. The van der Waals surface area contributed by atoms with Gasteiger partial charge in [0.2, 0.25) is 0 Å². The Morgan fingerprint density at radius 3 is 3.13 bits per heavy atom. The molecular formula is C10H6N4O. The van der Waals surface area contributed by atoms with Crippen molar-refractivity contribution in [3.05, 3.63) is 36.3 Å². The molecule has 0 N–H and O–H groups in total. The third kappa shape index (κ3) is 1.10. The molecule has 72 valence electrons. The first-order valence-electron chi connectivity index (χ1n) is 4.42. The Labute approximate surface area is 84.4 Å². The molecule has 0 radical (unpaired) electrons. The molecule has 5 heteroatoms. The van der Waals surface area contributed by atoms with Crippen molar-refractivity contribution in [3.8, 4) is 0 Å². The quantitative estimate of drug-likeness (QED) is 0.549. The third-order valence-corrected chi connectivity index (χ3v) is 2.29. The Bertz CT molecular complexity index is 659. The van der Waals surface area contributed by atoms with E-state index in [0.29, 0.717) is 11.2 Å². The van der Waals surface area contributed by atoms with E-state index in [0.717, 1.165) is 17.3 Å². The van der Waals surface area contributed by atoms with E-state index in [9.17, 15) is 4.79 Å². The van der Waals surface area contributed by atoms with E-state index >= 15 is 0 Å². The Balaban J connectivity index is 2.53. The van der Waals surface area contributed by atoms with Crippen LogP contribution in [0.25, 0.3) is 16.7 Å². The maximum atomic E-state index is 10.7. The fourth-order valence-electron chi connectivity index (χ4n) is 1.56. The van der Waals surface area contributed by atoms with Crippen molar-refractivity contribution in [3.63, 3.8) is 0 Å². The second-order valence-corrected chi connectivity index (χ2v) is 3.18. The molecule has 0 fully saturated rings. The molecule has 1 aromatic carbocycles. The lowest BCUT2D eigenvalue weighted by Gasteiger charge is -2.00. The van der Waals surface area contributed by atoms with Crippen molar-refractivity contribution in [1.82, 2.24) is 19.6 Å². The van der Waals surface area contributed by atoms with Crippen LogP contribution < -0.4 is 0 Å². The molecule has 0 unspecified atom stereocenters. The molecule has 0 amide bonds. The number of aromatic nitrogens is 4. The molecule has 0 aliphatic carbocycles. The summed E-state index contributed by atoms with van der Waals surface area (Å²) < 4.78 is 1.80. The van der Waals surface area contributed by atoms with Gasteiger partial charge >= 0.3 is 0 Å². The van der Waals surface area contributed by atoms with Gasteiger partial charge in [0.05, 0.1) is 17.2 Å². The standard InChI is InChI=1S/C10H6N4O/c15-5-7-1-2-8-9(3-7)14-6-12-13-10(14)4-11-8/h1-6H. The second-order valence-electron chi connectivity index (χ2n) is 3.18. The number of carbonyl (C=O) groups is 1. The van der Waals surface area contributed by atoms with Crippen LogP contribution in [-0.4, -0.2) is 25.9 Å². The van der Waals surface area contributed by atoms with E-state index < -0.39 is 0 Å². The molecule has 3 rings (SSSR count). The highest BCUT2D eigenvalue weighted by molar-refractivity contribution is 5.85. The Hall–Kier alpha value is -2.30. The number of fused-ring (bicyclic) bond motifs is 3. The van der Waals surface area contributed by atoms with Gasteiger partial charge < -0.3 is 0 Å². The zero-order valence-corrected chi connectivity index (χ0v) is 7.66. The predicted molar refractivity (Wildman–Crippen MR) is 53.7 cm³/mol. The lowest BCUT2D eigenvalue weighted by molar-refractivity contribution is 0.112. The first-order valence-corrected chi connectivity index (χ1v) is 4.42. The maximum Gasteiger partial charge on any atom is 0.179 e. The van der Waals surface area contributed by atoms with E-state index in [1.807, 2.05) is 0 Å². The number of hydrogen-bond acceptors (Lipinski definition) is 4. The summed E-state index contributed by atoms with van der Waals surface area (Å²) in [5.41, 5.74) is 2.94. The minimum Gasteiger partial charge on any atom is -0.298 e. The van der Waals surface area contributed by atoms with E-state index in [1.54, 1.807) is 35.1 Å². The highest BCUT2D eigenvalue weighted by Crippen LogP contribution is 2.14. The molecule has 5 nitrogen and oxygen atoms in total. The fourth-order valence-corrected chi connectivity index (χ4v) is 1.56. The fraction of sp³-hybridized carbons (Fsp3) is 0. The molecule has 15 heavy (non-hydrogen) atoms. The number of nitrogens with zero attached hydrogens (tertiary/aromatic N) is 4. The molecule has 0 bridgehead atoms. The molecule has 0 aliphatic heterocycles. The number of hydrogen-bond donors (Lipinski definition) is 0. The van der Waals surface area contributed by atoms with Crippen LogP contribution in [0.15, 0.2) is 30.7 Å². The van der Waals surface area contributed by atoms with Crippen LogP contribution in [0.4, 0.5) is 0 Å². The summed E-state index contributed by atoms with van der Waals surface area (Å²) in [6, 6.07) is 5.31. The second kappa shape index (κ2) is 2.84. The molecule has 2 heterocycles. The SMILES string of the molecule is O=Cc1ccc2ncc3nncn3c2c1. The third-order valence-electron chi connectivity index (χ3n) is 2.29. The Morgan fingerprint density at radius 1 is 1.33 bits per heavy atom. The average molecular weight is 198 g/mol. The topological polar surface area (TPSA) is 60.2 Å². The highest BCUT2D eigenvalue weighted by Gasteiger charge is 2.02. The van der Waals surface area contributed by atoms with Crippen molar-refractivity contribution in [2.75, 3.05) is 0 Å². The molecular weight excluding hydrogens is 192 g/mol. The molecule has 0 aliphatic rings. The number of carbonyl (C=O) groups excluding carboxylic acids is 1. The van der Waals surface area contributed by atoms with E-state index in [-0.39, 0.29) is 0 Å².